The molecule has 0 radical (unpaired) electrons. The number of nitrogens with zero attached hydrogens (tertiary/aromatic N) is 4. The summed E-state index contributed by atoms with van der Waals surface area (Å²) in [6, 6.07) is 6.64. The largest absolute Gasteiger partial charge is 0.476 e. The standard InChI is InChI=1S/C19H21FN4O/c1-14-19(23-7-6-22-14)25-13-15-4-8-24(9-5-15)12-17-3-2-16(11-21)10-18(17)20/h2-3,6-7,10,15H,4-5,8-9,12-13H2,1H3. The third-order valence-electron chi connectivity index (χ3n) is 4.58. The first-order valence-corrected chi connectivity index (χ1v) is 8.47. The molecule has 0 aliphatic carbocycles. The van der Waals surface area contributed by atoms with E-state index in [1.807, 2.05) is 13.0 Å². The van der Waals surface area contributed by atoms with E-state index >= 15 is 0 Å². The smallest absolute Gasteiger partial charge is 0.235 e. The highest BCUT2D eigenvalue weighted by molar-refractivity contribution is 5.32. The number of halogens is 1. The lowest BCUT2D eigenvalue weighted by Gasteiger charge is -2.31. The van der Waals surface area contributed by atoms with E-state index in [1.165, 1.54) is 6.07 Å². The van der Waals surface area contributed by atoms with Crippen LogP contribution in [-0.2, 0) is 6.54 Å². The number of ether oxygens (including phenoxy) is 1. The molecule has 1 saturated heterocycles. The van der Waals surface area contributed by atoms with Gasteiger partial charge in [0.15, 0.2) is 0 Å². The number of aromatic nitrogens is 2. The fraction of sp³-hybridized carbons (Fsp3) is 0.421. The van der Waals surface area contributed by atoms with Crippen molar-refractivity contribution in [3.8, 4) is 11.9 Å². The second-order valence-electron chi connectivity index (χ2n) is 6.40. The number of nitriles is 1. The maximum absolute atomic E-state index is 14.0. The van der Waals surface area contributed by atoms with Gasteiger partial charge < -0.3 is 4.74 Å². The van der Waals surface area contributed by atoms with Crippen molar-refractivity contribution in [2.45, 2.75) is 26.3 Å². The van der Waals surface area contributed by atoms with Gasteiger partial charge in [0.05, 0.1) is 23.9 Å². The van der Waals surface area contributed by atoms with Gasteiger partial charge in [0.2, 0.25) is 5.88 Å². The van der Waals surface area contributed by atoms with Crippen LogP contribution >= 0.6 is 0 Å². The Balaban J connectivity index is 1.47. The molecule has 0 atom stereocenters. The highest BCUT2D eigenvalue weighted by Crippen LogP contribution is 2.22. The first-order valence-electron chi connectivity index (χ1n) is 8.47. The normalized spacial score (nSPS) is 15.7. The Morgan fingerprint density at radius 1 is 1.28 bits per heavy atom. The number of hydrogen-bond acceptors (Lipinski definition) is 5. The monoisotopic (exact) mass is 340 g/mol. The molecule has 5 nitrogen and oxygen atoms in total. The predicted molar refractivity (Wildman–Crippen MR) is 91.4 cm³/mol. The summed E-state index contributed by atoms with van der Waals surface area (Å²) in [5.74, 6) is 0.774. The number of benzene rings is 1. The lowest BCUT2D eigenvalue weighted by molar-refractivity contribution is 0.133. The van der Waals surface area contributed by atoms with Crippen LogP contribution in [0.1, 0.15) is 29.7 Å². The van der Waals surface area contributed by atoms with E-state index in [-0.39, 0.29) is 5.82 Å². The topological polar surface area (TPSA) is 62.0 Å². The number of hydrogen-bond donors (Lipinski definition) is 0. The maximum Gasteiger partial charge on any atom is 0.235 e. The van der Waals surface area contributed by atoms with E-state index in [4.69, 9.17) is 10.00 Å². The summed E-state index contributed by atoms with van der Waals surface area (Å²) >= 11 is 0. The Labute approximate surface area is 147 Å². The SMILES string of the molecule is Cc1nccnc1OCC1CCN(Cc2ccc(C#N)cc2F)CC1. The van der Waals surface area contributed by atoms with E-state index in [9.17, 15) is 4.39 Å². The molecule has 1 aliphatic rings. The molecule has 3 rings (SSSR count). The Morgan fingerprint density at radius 3 is 2.72 bits per heavy atom. The molecule has 0 saturated carbocycles. The average molecular weight is 340 g/mol. The summed E-state index contributed by atoms with van der Waals surface area (Å²) in [7, 11) is 0. The molecule has 2 aromatic rings. The fourth-order valence-corrected chi connectivity index (χ4v) is 3.03. The first-order chi connectivity index (χ1) is 12.2. The molecule has 0 amide bonds. The van der Waals surface area contributed by atoms with E-state index in [0.29, 0.717) is 36.1 Å². The van der Waals surface area contributed by atoms with Crippen LogP contribution in [0, 0.1) is 30.0 Å². The van der Waals surface area contributed by atoms with Gasteiger partial charge in [-0.3, -0.25) is 9.88 Å². The highest BCUT2D eigenvalue weighted by atomic mass is 19.1. The molecule has 1 aromatic heterocycles. The molecule has 0 unspecified atom stereocenters. The molecular formula is C19H21FN4O. The molecule has 130 valence electrons. The summed E-state index contributed by atoms with van der Waals surface area (Å²) in [6.45, 7) is 4.92. The van der Waals surface area contributed by atoms with Crippen molar-refractivity contribution < 1.29 is 9.13 Å². The van der Waals surface area contributed by atoms with Crippen LogP contribution in [0.5, 0.6) is 5.88 Å². The molecule has 2 heterocycles. The van der Waals surface area contributed by atoms with Crippen LogP contribution in [0.2, 0.25) is 0 Å². The number of likely N-dealkylation sites (tertiary alicyclic amines) is 1. The van der Waals surface area contributed by atoms with Crippen molar-refractivity contribution in [1.29, 1.82) is 5.26 Å². The number of aryl methyl sites for hydroxylation is 1. The Bertz CT molecular complexity index is 766. The summed E-state index contributed by atoms with van der Waals surface area (Å²) < 4.78 is 19.8. The zero-order valence-corrected chi connectivity index (χ0v) is 14.3. The van der Waals surface area contributed by atoms with Crippen molar-refractivity contribution in [2.75, 3.05) is 19.7 Å². The van der Waals surface area contributed by atoms with Gasteiger partial charge in [-0.2, -0.15) is 5.26 Å². The molecule has 1 aromatic carbocycles. The molecule has 1 fully saturated rings. The zero-order valence-electron chi connectivity index (χ0n) is 14.3. The van der Waals surface area contributed by atoms with Crippen LogP contribution < -0.4 is 4.74 Å². The predicted octanol–water partition coefficient (Wildman–Crippen LogP) is 3.09. The van der Waals surface area contributed by atoms with Crippen LogP contribution in [0.3, 0.4) is 0 Å². The average Bonchev–Trinajstić information content (AvgIpc) is 2.64. The zero-order chi connectivity index (χ0) is 17.6. The van der Waals surface area contributed by atoms with Gasteiger partial charge in [-0.25, -0.2) is 9.37 Å². The Morgan fingerprint density at radius 2 is 2.04 bits per heavy atom. The van der Waals surface area contributed by atoms with Crippen LogP contribution in [0.15, 0.2) is 30.6 Å². The minimum absolute atomic E-state index is 0.303. The lowest BCUT2D eigenvalue weighted by atomic mass is 9.97. The lowest BCUT2D eigenvalue weighted by Crippen LogP contribution is -2.35. The van der Waals surface area contributed by atoms with Gasteiger partial charge in [-0.15, -0.1) is 0 Å². The van der Waals surface area contributed by atoms with Crippen LogP contribution in [0.4, 0.5) is 4.39 Å². The number of rotatable bonds is 5. The Hall–Kier alpha value is -2.52. The molecule has 1 aliphatic heterocycles. The van der Waals surface area contributed by atoms with Crippen molar-refractivity contribution >= 4 is 0 Å². The number of piperidine rings is 1. The van der Waals surface area contributed by atoms with E-state index < -0.39 is 0 Å². The van der Waals surface area contributed by atoms with E-state index in [1.54, 1.807) is 24.5 Å². The van der Waals surface area contributed by atoms with Crippen molar-refractivity contribution in [2.24, 2.45) is 5.92 Å². The summed E-state index contributed by atoms with van der Waals surface area (Å²) in [4.78, 5) is 10.6. The van der Waals surface area contributed by atoms with Gasteiger partial charge in [0.1, 0.15) is 5.82 Å². The molecular weight excluding hydrogens is 319 g/mol. The molecule has 0 spiro atoms. The van der Waals surface area contributed by atoms with Gasteiger partial charge in [0.25, 0.3) is 0 Å². The summed E-state index contributed by atoms with van der Waals surface area (Å²) in [6.07, 6.45) is 5.31. The minimum Gasteiger partial charge on any atom is -0.476 e. The van der Waals surface area contributed by atoms with E-state index in [2.05, 4.69) is 14.9 Å². The first kappa shape index (κ1) is 17.3. The third-order valence-corrected chi connectivity index (χ3v) is 4.58. The molecule has 25 heavy (non-hydrogen) atoms. The molecule has 0 N–H and O–H groups in total. The van der Waals surface area contributed by atoms with Gasteiger partial charge in [-0.05, 0) is 50.9 Å². The molecule has 6 heteroatoms. The second kappa shape index (κ2) is 8.04. The summed E-state index contributed by atoms with van der Waals surface area (Å²) in [5, 5.41) is 8.81. The van der Waals surface area contributed by atoms with Crippen LogP contribution in [-0.4, -0.2) is 34.6 Å². The fourth-order valence-electron chi connectivity index (χ4n) is 3.03. The second-order valence-corrected chi connectivity index (χ2v) is 6.40. The maximum atomic E-state index is 14.0. The highest BCUT2D eigenvalue weighted by Gasteiger charge is 2.21. The Kier molecular flexibility index (Phi) is 5.56. The quantitative estimate of drug-likeness (QED) is 0.837. The van der Waals surface area contributed by atoms with Gasteiger partial charge in [-0.1, -0.05) is 6.07 Å². The summed E-state index contributed by atoms with van der Waals surface area (Å²) in [5.41, 5.74) is 1.80. The van der Waals surface area contributed by atoms with Crippen molar-refractivity contribution in [3.63, 3.8) is 0 Å². The van der Waals surface area contributed by atoms with Crippen molar-refractivity contribution in [1.82, 2.24) is 14.9 Å². The third kappa shape index (κ3) is 4.52. The van der Waals surface area contributed by atoms with Gasteiger partial charge >= 0.3 is 0 Å². The van der Waals surface area contributed by atoms with Crippen LogP contribution in [0.25, 0.3) is 0 Å². The van der Waals surface area contributed by atoms with Gasteiger partial charge in [0, 0.05) is 24.5 Å². The molecule has 0 bridgehead atoms. The van der Waals surface area contributed by atoms with Crippen molar-refractivity contribution in [3.05, 3.63) is 53.2 Å². The minimum atomic E-state index is -0.303. The van der Waals surface area contributed by atoms with E-state index in [0.717, 1.165) is 31.6 Å².